The van der Waals surface area contributed by atoms with Gasteiger partial charge in [0, 0.05) is 18.9 Å². The minimum Gasteiger partial charge on any atom is -0.363 e. The summed E-state index contributed by atoms with van der Waals surface area (Å²) < 4.78 is 6.94. The Kier molecular flexibility index (Phi) is 8.32. The molecule has 1 saturated carbocycles. The largest absolute Gasteiger partial charge is 0.363 e. The van der Waals surface area contributed by atoms with Gasteiger partial charge in [0.1, 0.15) is 0 Å². The highest BCUT2D eigenvalue weighted by Crippen LogP contribution is 2.54. The van der Waals surface area contributed by atoms with Crippen molar-refractivity contribution in [1.82, 2.24) is 9.96 Å². The molecule has 0 atom stereocenters. The van der Waals surface area contributed by atoms with Crippen LogP contribution in [0, 0.1) is 0 Å². The number of hydrogen-bond acceptors (Lipinski definition) is 6. The highest BCUT2D eigenvalue weighted by atomic mass is 16.7. The molecule has 196 valence electrons. The minimum absolute atomic E-state index is 0.287. The number of nitrogens with zero attached hydrogens (tertiary/aromatic N) is 2. The number of carbonyl (C=O) groups excluding carboxylic acids is 3. The first-order valence-corrected chi connectivity index (χ1v) is 13.3. The Morgan fingerprint density at radius 3 is 1.71 bits per heavy atom. The lowest BCUT2D eigenvalue weighted by Gasteiger charge is -2.55. The van der Waals surface area contributed by atoms with Crippen LogP contribution in [0.2, 0.25) is 0 Å². The molecule has 0 bridgehead atoms. The third kappa shape index (κ3) is 5.56. The first-order chi connectivity index (χ1) is 16.4. The average molecular weight is 489 g/mol. The maximum Gasteiger partial charge on any atom is 0.349 e. The number of imide groups is 1. The number of rotatable bonds is 3. The van der Waals surface area contributed by atoms with E-state index < -0.39 is 34.3 Å². The predicted octanol–water partition coefficient (Wildman–Crippen LogP) is 5.59. The average Bonchev–Trinajstić information content (AvgIpc) is 2.99. The van der Waals surface area contributed by atoms with E-state index >= 15 is 0 Å². The minimum atomic E-state index is -1.18. The van der Waals surface area contributed by atoms with Gasteiger partial charge in [-0.3, -0.25) is 9.59 Å². The Morgan fingerprint density at radius 1 is 0.829 bits per heavy atom. The molecule has 2 aliphatic heterocycles. The lowest BCUT2D eigenvalue weighted by molar-refractivity contribution is -0.292. The second-order valence-electron chi connectivity index (χ2n) is 11.8. The summed E-state index contributed by atoms with van der Waals surface area (Å²) in [6.45, 7) is 15.0. The van der Waals surface area contributed by atoms with E-state index in [2.05, 4.69) is 13.2 Å². The van der Waals surface area contributed by atoms with Crippen LogP contribution in [-0.4, -0.2) is 50.2 Å². The molecule has 35 heavy (non-hydrogen) atoms. The third-order valence-corrected chi connectivity index (χ3v) is 7.80. The topological polar surface area (TPSA) is 76.2 Å². The second kappa shape index (κ2) is 10.6. The molecule has 0 unspecified atom stereocenters. The molecule has 0 aromatic rings. The number of amides is 2. The molecule has 2 saturated heterocycles. The number of ether oxygens (including phenoxy) is 1. The van der Waals surface area contributed by atoms with Crippen LogP contribution in [0.3, 0.4) is 0 Å². The highest BCUT2D eigenvalue weighted by molar-refractivity contribution is 6.06. The smallest absolute Gasteiger partial charge is 0.349 e. The summed E-state index contributed by atoms with van der Waals surface area (Å²) in [6.07, 6.45) is 14.2. The van der Waals surface area contributed by atoms with E-state index in [1.807, 2.05) is 27.7 Å². The van der Waals surface area contributed by atoms with Crippen LogP contribution in [0.1, 0.15) is 111 Å². The summed E-state index contributed by atoms with van der Waals surface area (Å²) in [5.74, 6) is -1.22. The van der Waals surface area contributed by atoms with E-state index in [1.54, 1.807) is 5.06 Å². The Morgan fingerprint density at radius 2 is 1.29 bits per heavy atom. The lowest BCUT2D eigenvalue weighted by atomic mass is 9.72. The zero-order valence-electron chi connectivity index (χ0n) is 22.2. The number of hydrogen-bond donors (Lipinski definition) is 0. The van der Waals surface area contributed by atoms with Gasteiger partial charge in [-0.25, -0.2) is 9.69 Å². The summed E-state index contributed by atoms with van der Waals surface area (Å²) in [5.41, 5.74) is -3.57. The predicted molar refractivity (Wildman–Crippen MR) is 135 cm³/mol. The SMILES string of the molecule is C=CC(=O)ON1C(C)(C)CC2(CC1(C)C)OC1(CCCCCCCCCCC1)N(C(=O)C=C)C2=O. The van der Waals surface area contributed by atoms with E-state index in [4.69, 9.17) is 9.57 Å². The van der Waals surface area contributed by atoms with Gasteiger partial charge in [-0.05, 0) is 59.5 Å². The molecule has 2 spiro atoms. The van der Waals surface area contributed by atoms with E-state index in [0.717, 1.165) is 44.6 Å². The van der Waals surface area contributed by atoms with Gasteiger partial charge in [0.05, 0.1) is 11.1 Å². The van der Waals surface area contributed by atoms with Crippen molar-refractivity contribution in [2.75, 3.05) is 0 Å². The van der Waals surface area contributed by atoms with Crippen LogP contribution in [0.4, 0.5) is 0 Å². The van der Waals surface area contributed by atoms with Crippen molar-refractivity contribution in [3.05, 3.63) is 25.3 Å². The Bertz CT molecular complexity index is 816. The van der Waals surface area contributed by atoms with Crippen molar-refractivity contribution in [1.29, 1.82) is 0 Å². The fraction of sp³-hybridized carbons (Fsp3) is 0.750. The lowest BCUT2D eigenvalue weighted by Crippen LogP contribution is -2.67. The molecule has 1 aliphatic carbocycles. The zero-order valence-corrected chi connectivity index (χ0v) is 22.2. The molecule has 2 amide bonds. The van der Waals surface area contributed by atoms with Gasteiger partial charge in [-0.2, -0.15) is 0 Å². The van der Waals surface area contributed by atoms with Crippen LogP contribution < -0.4 is 0 Å². The van der Waals surface area contributed by atoms with Crippen molar-refractivity contribution in [2.24, 2.45) is 0 Å². The van der Waals surface area contributed by atoms with Gasteiger partial charge in [0.25, 0.3) is 11.8 Å². The Hall–Kier alpha value is -1.99. The van der Waals surface area contributed by atoms with Crippen molar-refractivity contribution in [2.45, 2.75) is 134 Å². The van der Waals surface area contributed by atoms with Crippen molar-refractivity contribution in [3.8, 4) is 0 Å². The van der Waals surface area contributed by atoms with Gasteiger partial charge in [-0.15, -0.1) is 5.06 Å². The fourth-order valence-electron chi connectivity index (χ4n) is 6.75. The van der Waals surface area contributed by atoms with Crippen LogP contribution >= 0.6 is 0 Å². The summed E-state index contributed by atoms with van der Waals surface area (Å²) in [5, 5.41) is 1.66. The summed E-state index contributed by atoms with van der Waals surface area (Å²) in [7, 11) is 0. The summed E-state index contributed by atoms with van der Waals surface area (Å²) in [6, 6.07) is 0. The van der Waals surface area contributed by atoms with Gasteiger partial charge in [0.15, 0.2) is 11.3 Å². The van der Waals surface area contributed by atoms with Gasteiger partial charge >= 0.3 is 5.97 Å². The van der Waals surface area contributed by atoms with Gasteiger partial charge in [-0.1, -0.05) is 58.1 Å². The quantitative estimate of drug-likeness (QED) is 0.482. The molecular weight excluding hydrogens is 444 g/mol. The highest BCUT2D eigenvalue weighted by Gasteiger charge is 2.68. The number of piperidine rings is 1. The van der Waals surface area contributed by atoms with Crippen LogP contribution in [0.25, 0.3) is 0 Å². The molecule has 7 nitrogen and oxygen atoms in total. The number of hydroxylamine groups is 2. The maximum atomic E-state index is 14.2. The van der Waals surface area contributed by atoms with Crippen LogP contribution in [-0.2, 0) is 24.0 Å². The molecule has 7 heteroatoms. The van der Waals surface area contributed by atoms with E-state index in [9.17, 15) is 14.4 Å². The van der Waals surface area contributed by atoms with Crippen molar-refractivity contribution >= 4 is 17.8 Å². The Balaban J connectivity index is 2.00. The standard InChI is InChI=1S/C28H44N2O5/c1-7-22(31)29-24(33)27(20-25(3,4)30(26(5,6)21-27)34-23(32)8-2)35-28(29)18-16-14-12-10-9-11-13-15-17-19-28/h7-8H,1-2,9-21H2,3-6H3. The molecular formula is C28H44N2O5. The maximum absolute atomic E-state index is 14.2. The molecule has 3 aliphatic rings. The van der Waals surface area contributed by atoms with E-state index in [0.29, 0.717) is 25.7 Å². The normalized spacial score (nSPS) is 26.5. The molecule has 0 N–H and O–H groups in total. The monoisotopic (exact) mass is 488 g/mol. The van der Waals surface area contributed by atoms with Crippen LogP contribution in [0.5, 0.6) is 0 Å². The van der Waals surface area contributed by atoms with Gasteiger partial charge in [0.2, 0.25) is 0 Å². The van der Waals surface area contributed by atoms with Crippen molar-refractivity contribution in [3.63, 3.8) is 0 Å². The Labute approximate surface area is 210 Å². The third-order valence-electron chi connectivity index (χ3n) is 7.80. The molecule has 0 aromatic heterocycles. The molecule has 0 radical (unpaired) electrons. The second-order valence-corrected chi connectivity index (χ2v) is 11.8. The zero-order chi connectivity index (χ0) is 25.9. The first-order valence-electron chi connectivity index (χ1n) is 13.3. The summed E-state index contributed by atoms with van der Waals surface area (Å²) >= 11 is 0. The van der Waals surface area contributed by atoms with E-state index in [-0.39, 0.29) is 5.91 Å². The fourth-order valence-corrected chi connectivity index (χ4v) is 6.75. The van der Waals surface area contributed by atoms with Gasteiger partial charge < -0.3 is 9.57 Å². The number of carbonyl (C=O) groups is 3. The van der Waals surface area contributed by atoms with Crippen molar-refractivity contribution < 1.29 is 24.0 Å². The van der Waals surface area contributed by atoms with Crippen LogP contribution in [0.15, 0.2) is 25.3 Å². The molecule has 0 aromatic carbocycles. The van der Waals surface area contributed by atoms with E-state index in [1.165, 1.54) is 30.2 Å². The summed E-state index contributed by atoms with van der Waals surface area (Å²) in [4.78, 5) is 46.5. The first kappa shape index (κ1) is 27.6. The molecule has 3 fully saturated rings. The molecule has 3 rings (SSSR count). The molecule has 2 heterocycles.